The molecular weight excluding hydrogens is 250 g/mol. The highest BCUT2D eigenvalue weighted by Crippen LogP contribution is 2.24. The van der Waals surface area contributed by atoms with Crippen LogP contribution in [0.4, 0.5) is 0 Å². The molecule has 0 bridgehead atoms. The predicted molar refractivity (Wildman–Crippen MR) is 69.7 cm³/mol. The molecule has 2 heterocycles. The summed E-state index contributed by atoms with van der Waals surface area (Å²) in [7, 11) is 0. The van der Waals surface area contributed by atoms with Gasteiger partial charge in [0.25, 0.3) is 0 Å². The molecule has 0 unspecified atom stereocenters. The highest BCUT2D eigenvalue weighted by Gasteiger charge is 2.13. The zero-order valence-corrected chi connectivity index (χ0v) is 11.4. The third kappa shape index (κ3) is 2.59. The van der Waals surface area contributed by atoms with Gasteiger partial charge in [-0.2, -0.15) is 5.10 Å². The summed E-state index contributed by atoms with van der Waals surface area (Å²) < 4.78 is 6.77. The lowest BCUT2D eigenvalue weighted by molar-refractivity contribution is 0.0520. The molecule has 0 aliphatic carbocycles. The van der Waals surface area contributed by atoms with Gasteiger partial charge in [0.1, 0.15) is 5.01 Å². The molecule has 5 nitrogen and oxygen atoms in total. The number of esters is 1. The lowest BCUT2D eigenvalue weighted by Gasteiger charge is -2.02. The van der Waals surface area contributed by atoms with Gasteiger partial charge in [0.15, 0.2) is 5.69 Å². The van der Waals surface area contributed by atoms with Gasteiger partial charge in [-0.1, -0.05) is 0 Å². The summed E-state index contributed by atoms with van der Waals surface area (Å²) in [5.74, 6) is -0.378. The summed E-state index contributed by atoms with van der Waals surface area (Å²) in [5.41, 5.74) is 1.28. The topological polar surface area (TPSA) is 57.0 Å². The normalized spacial score (nSPS) is 10.9. The molecule has 96 valence electrons. The van der Waals surface area contributed by atoms with Crippen LogP contribution in [-0.4, -0.2) is 27.3 Å². The number of carbonyl (C=O) groups excluding carboxylic acids is 1. The van der Waals surface area contributed by atoms with Gasteiger partial charge in [-0.05, 0) is 20.8 Å². The Balaban J connectivity index is 2.21. The summed E-state index contributed by atoms with van der Waals surface area (Å²) in [6, 6.07) is 0.309. The quantitative estimate of drug-likeness (QED) is 0.798. The zero-order valence-electron chi connectivity index (χ0n) is 10.6. The largest absolute Gasteiger partial charge is 0.461 e. The minimum Gasteiger partial charge on any atom is -0.461 e. The standard InChI is InChI=1S/C12H15N3O2S/c1-4-17-12(16)10-7-18-11(14-10)9-5-13-15(6-9)8(2)3/h5-8H,4H2,1-3H3. The number of carbonyl (C=O) groups is 1. The van der Waals surface area contributed by atoms with Crippen molar-refractivity contribution in [2.75, 3.05) is 6.61 Å². The van der Waals surface area contributed by atoms with E-state index in [0.717, 1.165) is 10.6 Å². The molecule has 0 fully saturated rings. The fourth-order valence-electron chi connectivity index (χ4n) is 1.44. The third-order valence-electron chi connectivity index (χ3n) is 2.37. The minimum absolute atomic E-state index is 0.309. The number of thiazole rings is 1. The smallest absolute Gasteiger partial charge is 0.357 e. The molecule has 2 aromatic heterocycles. The Morgan fingerprint density at radius 3 is 2.94 bits per heavy atom. The second kappa shape index (κ2) is 5.30. The molecular formula is C12H15N3O2S. The van der Waals surface area contributed by atoms with Crippen LogP contribution < -0.4 is 0 Å². The maximum Gasteiger partial charge on any atom is 0.357 e. The maximum absolute atomic E-state index is 11.5. The van der Waals surface area contributed by atoms with E-state index in [2.05, 4.69) is 23.9 Å². The van der Waals surface area contributed by atoms with Crippen LogP contribution in [0.1, 0.15) is 37.3 Å². The van der Waals surface area contributed by atoms with Crippen LogP contribution in [0.5, 0.6) is 0 Å². The number of hydrogen-bond donors (Lipinski definition) is 0. The molecule has 6 heteroatoms. The Labute approximate surface area is 109 Å². The van der Waals surface area contributed by atoms with Crippen LogP contribution in [0.2, 0.25) is 0 Å². The van der Waals surface area contributed by atoms with Gasteiger partial charge in [0.05, 0.1) is 12.8 Å². The third-order valence-corrected chi connectivity index (χ3v) is 3.26. The van der Waals surface area contributed by atoms with Gasteiger partial charge in [0, 0.05) is 23.2 Å². The SMILES string of the molecule is CCOC(=O)c1csc(-c2cnn(C(C)C)c2)n1. The van der Waals surface area contributed by atoms with Crippen molar-refractivity contribution in [1.82, 2.24) is 14.8 Å². The van der Waals surface area contributed by atoms with Crippen molar-refractivity contribution in [1.29, 1.82) is 0 Å². The molecule has 0 N–H and O–H groups in total. The molecule has 2 rings (SSSR count). The second-order valence-corrected chi connectivity index (χ2v) is 4.92. The van der Waals surface area contributed by atoms with Crippen LogP contribution >= 0.6 is 11.3 Å². The van der Waals surface area contributed by atoms with Crippen molar-refractivity contribution in [3.63, 3.8) is 0 Å². The van der Waals surface area contributed by atoms with Gasteiger partial charge in [-0.25, -0.2) is 9.78 Å². The fourth-order valence-corrected chi connectivity index (χ4v) is 2.20. The number of rotatable bonds is 4. The van der Waals surface area contributed by atoms with Crippen LogP contribution in [0.25, 0.3) is 10.6 Å². The Hall–Kier alpha value is -1.69. The average Bonchev–Trinajstić information content (AvgIpc) is 2.98. The molecule has 0 aromatic carbocycles. The van der Waals surface area contributed by atoms with Crippen molar-refractivity contribution in [3.8, 4) is 10.6 Å². The van der Waals surface area contributed by atoms with Gasteiger partial charge in [-0.3, -0.25) is 4.68 Å². The predicted octanol–water partition coefficient (Wildman–Crippen LogP) is 2.76. The molecule has 0 aliphatic heterocycles. The van der Waals surface area contributed by atoms with Crippen molar-refractivity contribution in [3.05, 3.63) is 23.5 Å². The van der Waals surface area contributed by atoms with Crippen molar-refractivity contribution in [2.45, 2.75) is 26.8 Å². The van der Waals surface area contributed by atoms with Crippen LogP contribution in [0, 0.1) is 0 Å². The molecule has 0 atom stereocenters. The lowest BCUT2D eigenvalue weighted by Crippen LogP contribution is -2.04. The lowest BCUT2D eigenvalue weighted by atomic mass is 10.3. The zero-order chi connectivity index (χ0) is 13.1. The van der Waals surface area contributed by atoms with E-state index in [-0.39, 0.29) is 5.97 Å². The number of hydrogen-bond acceptors (Lipinski definition) is 5. The molecule has 18 heavy (non-hydrogen) atoms. The first-order valence-corrected chi connectivity index (χ1v) is 6.67. The first kappa shape index (κ1) is 12.8. The number of ether oxygens (including phenoxy) is 1. The van der Waals surface area contributed by atoms with Crippen molar-refractivity contribution in [2.24, 2.45) is 0 Å². The first-order valence-electron chi connectivity index (χ1n) is 5.79. The average molecular weight is 265 g/mol. The number of nitrogens with zero attached hydrogens (tertiary/aromatic N) is 3. The summed E-state index contributed by atoms with van der Waals surface area (Å²) in [4.78, 5) is 15.8. The molecule has 0 amide bonds. The Bertz CT molecular complexity index is 545. The molecule has 0 saturated heterocycles. The highest BCUT2D eigenvalue weighted by atomic mass is 32.1. The van der Waals surface area contributed by atoms with E-state index < -0.39 is 0 Å². The van der Waals surface area contributed by atoms with E-state index in [9.17, 15) is 4.79 Å². The first-order chi connectivity index (χ1) is 8.61. The minimum atomic E-state index is -0.378. The second-order valence-electron chi connectivity index (χ2n) is 4.06. The van der Waals surface area contributed by atoms with Crippen molar-refractivity contribution >= 4 is 17.3 Å². The van der Waals surface area contributed by atoms with E-state index >= 15 is 0 Å². The molecule has 0 saturated carbocycles. The van der Waals surface area contributed by atoms with Gasteiger partial charge >= 0.3 is 5.97 Å². The molecule has 0 aliphatic rings. The Morgan fingerprint density at radius 1 is 1.56 bits per heavy atom. The molecule has 0 spiro atoms. The monoisotopic (exact) mass is 265 g/mol. The summed E-state index contributed by atoms with van der Waals surface area (Å²) in [5, 5.41) is 6.74. The summed E-state index contributed by atoms with van der Waals surface area (Å²) in [6.07, 6.45) is 3.69. The van der Waals surface area contributed by atoms with Crippen LogP contribution in [-0.2, 0) is 4.74 Å². The van der Waals surface area contributed by atoms with Crippen LogP contribution in [0.3, 0.4) is 0 Å². The van der Waals surface area contributed by atoms with Crippen molar-refractivity contribution < 1.29 is 9.53 Å². The van der Waals surface area contributed by atoms with E-state index in [1.54, 1.807) is 18.5 Å². The maximum atomic E-state index is 11.5. The number of aromatic nitrogens is 3. The Kier molecular flexibility index (Phi) is 3.76. The fraction of sp³-hybridized carbons (Fsp3) is 0.417. The highest BCUT2D eigenvalue weighted by molar-refractivity contribution is 7.13. The van der Waals surface area contributed by atoms with E-state index in [1.165, 1.54) is 11.3 Å². The molecule has 0 radical (unpaired) electrons. The summed E-state index contributed by atoms with van der Waals surface area (Å²) in [6.45, 7) is 6.25. The van der Waals surface area contributed by atoms with Crippen LogP contribution in [0.15, 0.2) is 17.8 Å². The van der Waals surface area contributed by atoms with Gasteiger partial charge in [-0.15, -0.1) is 11.3 Å². The molecule has 2 aromatic rings. The van der Waals surface area contributed by atoms with E-state index in [0.29, 0.717) is 18.3 Å². The van der Waals surface area contributed by atoms with Gasteiger partial charge < -0.3 is 4.74 Å². The Morgan fingerprint density at radius 2 is 2.33 bits per heavy atom. The summed E-state index contributed by atoms with van der Waals surface area (Å²) >= 11 is 1.42. The van der Waals surface area contributed by atoms with E-state index in [4.69, 9.17) is 4.74 Å². The van der Waals surface area contributed by atoms with E-state index in [1.807, 2.05) is 10.9 Å². The van der Waals surface area contributed by atoms with Gasteiger partial charge in [0.2, 0.25) is 0 Å².